The molecule has 142 valence electrons. The van der Waals surface area contributed by atoms with Gasteiger partial charge in [-0.1, -0.05) is 18.2 Å². The van der Waals surface area contributed by atoms with Crippen LogP contribution in [-0.4, -0.2) is 53.8 Å². The minimum atomic E-state index is 0.236. The third-order valence-electron chi connectivity index (χ3n) is 4.97. The van der Waals surface area contributed by atoms with E-state index in [4.69, 9.17) is 4.74 Å². The Morgan fingerprint density at radius 2 is 2.00 bits per heavy atom. The molecule has 3 rings (SSSR count). The van der Waals surface area contributed by atoms with Crippen molar-refractivity contribution in [3.05, 3.63) is 51.7 Å². The van der Waals surface area contributed by atoms with Gasteiger partial charge in [-0.25, -0.2) is 0 Å². The fourth-order valence-electron chi connectivity index (χ4n) is 3.67. The van der Waals surface area contributed by atoms with E-state index in [1.54, 1.807) is 0 Å². The van der Waals surface area contributed by atoms with Crippen LogP contribution in [0.25, 0.3) is 0 Å². The molecule has 1 aromatic carbocycles. The molecule has 26 heavy (non-hydrogen) atoms. The van der Waals surface area contributed by atoms with Gasteiger partial charge in [0.1, 0.15) is 5.75 Å². The van der Waals surface area contributed by atoms with Crippen molar-refractivity contribution in [1.29, 1.82) is 0 Å². The van der Waals surface area contributed by atoms with Gasteiger partial charge in [0.05, 0.1) is 6.61 Å². The van der Waals surface area contributed by atoms with Gasteiger partial charge in [-0.3, -0.25) is 9.80 Å². The Bertz CT molecular complexity index is 688. The first-order valence-electron chi connectivity index (χ1n) is 9.53. The van der Waals surface area contributed by atoms with Crippen LogP contribution < -0.4 is 4.74 Å². The van der Waals surface area contributed by atoms with Crippen molar-refractivity contribution in [2.45, 2.75) is 39.4 Å². The molecule has 2 heterocycles. The van der Waals surface area contributed by atoms with E-state index in [1.807, 2.05) is 24.3 Å². The molecule has 0 unspecified atom stereocenters. The van der Waals surface area contributed by atoms with Gasteiger partial charge >= 0.3 is 0 Å². The number of piperazine rings is 1. The summed E-state index contributed by atoms with van der Waals surface area (Å²) >= 11 is 1.89. The second-order valence-electron chi connectivity index (χ2n) is 6.92. The topological polar surface area (TPSA) is 35.9 Å². The van der Waals surface area contributed by atoms with Crippen LogP contribution >= 0.6 is 11.3 Å². The first-order chi connectivity index (χ1) is 12.7. The molecule has 0 saturated carbocycles. The molecule has 5 heteroatoms. The molecule has 1 saturated heterocycles. The number of thiophene rings is 1. The van der Waals surface area contributed by atoms with Crippen LogP contribution in [0.1, 0.15) is 28.7 Å². The van der Waals surface area contributed by atoms with E-state index in [9.17, 15) is 5.11 Å². The summed E-state index contributed by atoms with van der Waals surface area (Å²) < 4.78 is 5.79. The molecule has 0 radical (unpaired) electrons. The highest BCUT2D eigenvalue weighted by Crippen LogP contribution is 2.25. The molecule has 1 fully saturated rings. The van der Waals surface area contributed by atoms with Crippen LogP contribution in [0.15, 0.2) is 36.4 Å². The van der Waals surface area contributed by atoms with E-state index in [1.165, 1.54) is 15.3 Å². The predicted molar refractivity (Wildman–Crippen MR) is 108 cm³/mol. The molecule has 1 aliphatic heterocycles. The molecule has 0 spiro atoms. The van der Waals surface area contributed by atoms with Crippen molar-refractivity contribution in [2.75, 3.05) is 32.8 Å². The van der Waals surface area contributed by atoms with Gasteiger partial charge in [0.2, 0.25) is 0 Å². The Hall–Kier alpha value is -1.40. The van der Waals surface area contributed by atoms with E-state index in [0.29, 0.717) is 12.6 Å². The summed E-state index contributed by atoms with van der Waals surface area (Å²) in [7, 11) is 0. The maximum absolute atomic E-state index is 9.55. The lowest BCUT2D eigenvalue weighted by atomic mass is 10.1. The fraction of sp³-hybridized carbons (Fsp3) is 0.524. The summed E-state index contributed by atoms with van der Waals surface area (Å²) in [6.45, 7) is 10.1. The first-order valence-corrected chi connectivity index (χ1v) is 10.3. The zero-order valence-electron chi connectivity index (χ0n) is 15.9. The molecule has 0 aliphatic carbocycles. The molecule has 1 aromatic heterocycles. The molecule has 1 N–H and O–H groups in total. The average molecular weight is 375 g/mol. The van der Waals surface area contributed by atoms with Crippen LogP contribution in [-0.2, 0) is 13.1 Å². The van der Waals surface area contributed by atoms with Gasteiger partial charge in [0, 0.05) is 60.7 Å². The summed E-state index contributed by atoms with van der Waals surface area (Å²) in [5, 5.41) is 9.55. The summed E-state index contributed by atoms with van der Waals surface area (Å²) in [4.78, 5) is 7.83. The summed E-state index contributed by atoms with van der Waals surface area (Å²) in [6, 6.07) is 13.1. The van der Waals surface area contributed by atoms with Crippen LogP contribution in [0.5, 0.6) is 5.75 Å². The van der Waals surface area contributed by atoms with Gasteiger partial charge in [-0.05, 0) is 38.5 Å². The average Bonchev–Trinajstić information content (AvgIpc) is 3.04. The van der Waals surface area contributed by atoms with Crippen molar-refractivity contribution < 1.29 is 9.84 Å². The highest BCUT2D eigenvalue weighted by Gasteiger charge is 2.27. The zero-order valence-corrected chi connectivity index (χ0v) is 16.7. The van der Waals surface area contributed by atoms with Crippen molar-refractivity contribution >= 4 is 11.3 Å². The fourth-order valence-corrected chi connectivity index (χ4v) is 4.60. The zero-order chi connectivity index (χ0) is 18.4. The van der Waals surface area contributed by atoms with Crippen LogP contribution in [0.3, 0.4) is 0 Å². The van der Waals surface area contributed by atoms with Gasteiger partial charge in [-0.2, -0.15) is 0 Å². The predicted octanol–water partition coefficient (Wildman–Crippen LogP) is 3.52. The lowest BCUT2D eigenvalue weighted by Crippen LogP contribution is -2.52. The molecule has 4 nitrogen and oxygen atoms in total. The second kappa shape index (κ2) is 9.51. The standard InChI is InChI=1S/C21H30N2O2S/c1-3-25-21-7-5-4-6-18(21)14-23-12-11-22(15-19(23)10-13-24)16-20-9-8-17(2)26-20/h4-9,19,24H,3,10-16H2,1-2H3/t19-/m1/s1. The van der Waals surface area contributed by atoms with Crippen molar-refractivity contribution in [1.82, 2.24) is 9.80 Å². The SMILES string of the molecule is CCOc1ccccc1CN1CCN(Cc2ccc(C)s2)C[C@H]1CCO. The van der Waals surface area contributed by atoms with Crippen LogP contribution in [0.4, 0.5) is 0 Å². The molecule has 1 aliphatic rings. The number of aliphatic hydroxyl groups excluding tert-OH is 1. The molecule has 0 bridgehead atoms. The Labute approximate surface area is 161 Å². The number of para-hydroxylation sites is 1. The Morgan fingerprint density at radius 3 is 2.73 bits per heavy atom. The van der Waals surface area contributed by atoms with Gasteiger partial charge in [-0.15, -0.1) is 11.3 Å². The normalized spacial score (nSPS) is 19.0. The van der Waals surface area contributed by atoms with E-state index < -0.39 is 0 Å². The second-order valence-corrected chi connectivity index (χ2v) is 8.30. The lowest BCUT2D eigenvalue weighted by molar-refractivity contribution is 0.0499. The van der Waals surface area contributed by atoms with Crippen molar-refractivity contribution in [3.63, 3.8) is 0 Å². The number of hydrogen-bond donors (Lipinski definition) is 1. The Kier molecular flexibility index (Phi) is 7.08. The Balaban J connectivity index is 1.65. The smallest absolute Gasteiger partial charge is 0.123 e. The molecular formula is C21H30N2O2S. The number of aliphatic hydroxyl groups is 1. The van der Waals surface area contributed by atoms with E-state index in [2.05, 4.69) is 47.1 Å². The number of aryl methyl sites for hydroxylation is 1. The summed E-state index contributed by atoms with van der Waals surface area (Å²) in [5.41, 5.74) is 1.24. The largest absolute Gasteiger partial charge is 0.494 e. The molecular weight excluding hydrogens is 344 g/mol. The van der Waals surface area contributed by atoms with Crippen molar-refractivity contribution in [2.24, 2.45) is 0 Å². The number of benzene rings is 1. The van der Waals surface area contributed by atoms with E-state index in [-0.39, 0.29) is 6.61 Å². The number of rotatable bonds is 8. The summed E-state index contributed by atoms with van der Waals surface area (Å²) in [5.74, 6) is 0.981. The quantitative estimate of drug-likeness (QED) is 0.767. The molecule has 2 aromatic rings. The summed E-state index contributed by atoms with van der Waals surface area (Å²) in [6.07, 6.45) is 0.816. The number of nitrogens with zero attached hydrogens (tertiary/aromatic N) is 2. The highest BCUT2D eigenvalue weighted by molar-refractivity contribution is 7.11. The van der Waals surface area contributed by atoms with Gasteiger partial charge < -0.3 is 9.84 Å². The van der Waals surface area contributed by atoms with Crippen LogP contribution in [0.2, 0.25) is 0 Å². The number of ether oxygens (including phenoxy) is 1. The van der Waals surface area contributed by atoms with Gasteiger partial charge in [0.25, 0.3) is 0 Å². The van der Waals surface area contributed by atoms with Crippen molar-refractivity contribution in [3.8, 4) is 5.75 Å². The Morgan fingerprint density at radius 1 is 1.15 bits per heavy atom. The molecule has 1 atom stereocenters. The highest BCUT2D eigenvalue weighted by atomic mass is 32.1. The maximum atomic E-state index is 9.55. The van der Waals surface area contributed by atoms with E-state index in [0.717, 1.165) is 44.9 Å². The number of hydrogen-bond acceptors (Lipinski definition) is 5. The third kappa shape index (κ3) is 5.07. The maximum Gasteiger partial charge on any atom is 0.123 e. The van der Waals surface area contributed by atoms with Gasteiger partial charge in [0.15, 0.2) is 0 Å². The minimum absolute atomic E-state index is 0.236. The van der Waals surface area contributed by atoms with E-state index >= 15 is 0 Å². The van der Waals surface area contributed by atoms with Crippen LogP contribution in [0, 0.1) is 6.92 Å². The lowest BCUT2D eigenvalue weighted by Gasteiger charge is -2.41. The molecule has 0 amide bonds. The monoisotopic (exact) mass is 374 g/mol. The first kappa shape index (κ1) is 19.4. The minimum Gasteiger partial charge on any atom is -0.494 e. The third-order valence-corrected chi connectivity index (χ3v) is 5.96.